The molecule has 1 unspecified atom stereocenters. The summed E-state index contributed by atoms with van der Waals surface area (Å²) in [7, 11) is 1.96. The fourth-order valence-corrected chi connectivity index (χ4v) is 2.32. The maximum absolute atomic E-state index is 4.58. The lowest BCUT2D eigenvalue weighted by molar-refractivity contribution is 0.617. The number of nitrogens with one attached hydrogen (secondary N) is 1. The predicted molar refractivity (Wildman–Crippen MR) is 77.5 cm³/mol. The number of pyridine rings is 1. The van der Waals surface area contributed by atoms with Crippen LogP contribution in [0.2, 0.25) is 0 Å². The molecule has 0 saturated heterocycles. The summed E-state index contributed by atoms with van der Waals surface area (Å²) in [6.07, 6.45) is 3.00. The van der Waals surface area contributed by atoms with Crippen LogP contribution in [0, 0.1) is 0 Å². The average molecular weight is 300 g/mol. The zero-order valence-corrected chi connectivity index (χ0v) is 12.7. The maximum atomic E-state index is 4.58. The number of hydrogen-bond acceptors (Lipinski definition) is 3. The van der Waals surface area contributed by atoms with E-state index in [-0.39, 0.29) is 0 Å². The first kappa shape index (κ1) is 14.5. The monoisotopic (exact) mass is 299 g/mol. The molecule has 0 aliphatic heterocycles. The third kappa shape index (κ3) is 3.68. The van der Waals surface area contributed by atoms with Gasteiger partial charge in [-0.1, -0.05) is 6.92 Å². The van der Waals surface area contributed by atoms with E-state index >= 15 is 0 Å². The van der Waals surface area contributed by atoms with Crippen LogP contribution in [0.15, 0.2) is 16.7 Å². The van der Waals surface area contributed by atoms with E-state index in [4.69, 9.17) is 0 Å². The minimum Gasteiger partial charge on any atom is -0.354 e. The van der Waals surface area contributed by atoms with Crippen molar-refractivity contribution in [2.75, 3.05) is 18.5 Å². The van der Waals surface area contributed by atoms with Crippen LogP contribution in [0.25, 0.3) is 0 Å². The minimum atomic E-state index is 0.518. The highest BCUT2D eigenvalue weighted by Gasteiger charge is 2.16. The van der Waals surface area contributed by atoms with Crippen LogP contribution >= 0.6 is 15.9 Å². The van der Waals surface area contributed by atoms with E-state index in [1.54, 1.807) is 0 Å². The summed E-state index contributed by atoms with van der Waals surface area (Å²) in [5.74, 6) is 1.10. The van der Waals surface area contributed by atoms with Crippen LogP contribution < -0.4 is 10.2 Å². The fourth-order valence-electron chi connectivity index (χ4n) is 1.94. The molecule has 1 atom stereocenters. The molecule has 1 aromatic heterocycles. The van der Waals surface area contributed by atoms with Gasteiger partial charge in [0, 0.05) is 35.4 Å². The van der Waals surface area contributed by atoms with E-state index in [2.05, 4.69) is 58.0 Å². The van der Waals surface area contributed by atoms with Gasteiger partial charge >= 0.3 is 0 Å². The molecule has 0 bridgehead atoms. The van der Waals surface area contributed by atoms with Crippen molar-refractivity contribution in [3.05, 3.63) is 22.3 Å². The van der Waals surface area contributed by atoms with Crippen molar-refractivity contribution in [3.63, 3.8) is 0 Å². The highest BCUT2D eigenvalue weighted by molar-refractivity contribution is 9.10. The molecular formula is C13H22BrN3. The summed E-state index contributed by atoms with van der Waals surface area (Å²) in [5, 5.41) is 3.20. The summed E-state index contributed by atoms with van der Waals surface area (Å²) >= 11 is 3.48. The lowest BCUT2D eigenvalue weighted by atomic mass is 10.1. The van der Waals surface area contributed by atoms with E-state index in [0.717, 1.165) is 29.8 Å². The maximum Gasteiger partial charge on any atom is 0.133 e. The Balaban J connectivity index is 3.08. The second-order valence-corrected chi connectivity index (χ2v) is 5.13. The van der Waals surface area contributed by atoms with Crippen molar-refractivity contribution in [3.8, 4) is 0 Å². The third-order valence-electron chi connectivity index (χ3n) is 3.01. The van der Waals surface area contributed by atoms with Gasteiger partial charge in [0.25, 0.3) is 0 Å². The first-order valence-corrected chi connectivity index (χ1v) is 6.98. The lowest BCUT2D eigenvalue weighted by Gasteiger charge is -2.30. The zero-order valence-electron chi connectivity index (χ0n) is 11.1. The van der Waals surface area contributed by atoms with Gasteiger partial charge < -0.3 is 10.2 Å². The molecule has 1 heterocycles. The molecule has 0 aromatic carbocycles. The molecule has 1 aromatic rings. The Morgan fingerprint density at radius 2 is 2.18 bits per heavy atom. The van der Waals surface area contributed by atoms with Gasteiger partial charge in [0.15, 0.2) is 0 Å². The molecule has 1 rings (SSSR count). The van der Waals surface area contributed by atoms with Crippen LogP contribution in [0.3, 0.4) is 0 Å². The molecule has 0 amide bonds. The molecule has 17 heavy (non-hydrogen) atoms. The van der Waals surface area contributed by atoms with Gasteiger partial charge in [-0.3, -0.25) is 0 Å². The summed E-state index contributed by atoms with van der Waals surface area (Å²) in [4.78, 5) is 6.94. The molecule has 0 saturated carbocycles. The van der Waals surface area contributed by atoms with Crippen LogP contribution in [-0.4, -0.2) is 24.6 Å². The van der Waals surface area contributed by atoms with E-state index in [0.29, 0.717) is 6.04 Å². The van der Waals surface area contributed by atoms with Crippen molar-refractivity contribution < 1.29 is 0 Å². The van der Waals surface area contributed by atoms with Crippen molar-refractivity contribution in [1.82, 2.24) is 10.3 Å². The Morgan fingerprint density at radius 3 is 2.71 bits per heavy atom. The second kappa shape index (κ2) is 6.97. The molecule has 4 heteroatoms. The van der Waals surface area contributed by atoms with Crippen LogP contribution in [0.1, 0.15) is 32.8 Å². The molecule has 0 fully saturated rings. The van der Waals surface area contributed by atoms with E-state index in [9.17, 15) is 0 Å². The van der Waals surface area contributed by atoms with Crippen molar-refractivity contribution in [2.45, 2.75) is 39.8 Å². The van der Waals surface area contributed by atoms with Gasteiger partial charge in [0.1, 0.15) is 5.82 Å². The van der Waals surface area contributed by atoms with E-state index < -0.39 is 0 Å². The van der Waals surface area contributed by atoms with Gasteiger partial charge in [0.05, 0.1) is 0 Å². The molecule has 0 aliphatic rings. The highest BCUT2D eigenvalue weighted by atomic mass is 79.9. The Bertz CT molecular complexity index is 355. The van der Waals surface area contributed by atoms with Crippen molar-refractivity contribution in [1.29, 1.82) is 0 Å². The van der Waals surface area contributed by atoms with E-state index in [1.807, 2.05) is 13.2 Å². The number of anilines is 1. The zero-order chi connectivity index (χ0) is 12.8. The van der Waals surface area contributed by atoms with Gasteiger partial charge in [-0.15, -0.1) is 0 Å². The topological polar surface area (TPSA) is 28.2 Å². The smallest absolute Gasteiger partial charge is 0.133 e. The summed E-state index contributed by atoms with van der Waals surface area (Å²) < 4.78 is 1.03. The summed E-state index contributed by atoms with van der Waals surface area (Å²) in [5.41, 5.74) is 1.24. The molecule has 0 aliphatic carbocycles. The highest BCUT2D eigenvalue weighted by Crippen LogP contribution is 2.23. The Hall–Kier alpha value is -0.610. The first-order valence-electron chi connectivity index (χ1n) is 6.19. The van der Waals surface area contributed by atoms with Gasteiger partial charge in [0.2, 0.25) is 0 Å². The van der Waals surface area contributed by atoms with E-state index in [1.165, 1.54) is 5.56 Å². The van der Waals surface area contributed by atoms with Crippen LogP contribution in [0.5, 0.6) is 0 Å². The summed E-state index contributed by atoms with van der Waals surface area (Å²) in [6, 6.07) is 2.66. The largest absolute Gasteiger partial charge is 0.354 e. The van der Waals surface area contributed by atoms with Crippen LogP contribution in [-0.2, 0) is 6.54 Å². The van der Waals surface area contributed by atoms with Gasteiger partial charge in [-0.25, -0.2) is 4.98 Å². The quantitative estimate of drug-likeness (QED) is 0.874. The first-order chi connectivity index (χ1) is 8.13. The molecular weight excluding hydrogens is 278 g/mol. The molecule has 0 spiro atoms. The SMILES string of the molecule is CCC(C)N(CC)c1ncc(Br)cc1CNC. The Kier molecular flexibility index (Phi) is 5.92. The Morgan fingerprint density at radius 1 is 1.47 bits per heavy atom. The van der Waals surface area contributed by atoms with Gasteiger partial charge in [-0.05, 0) is 49.3 Å². The minimum absolute atomic E-state index is 0.518. The fraction of sp³-hybridized carbons (Fsp3) is 0.615. The van der Waals surface area contributed by atoms with Crippen molar-refractivity contribution >= 4 is 21.7 Å². The number of rotatable bonds is 6. The Labute approximate surface area is 113 Å². The average Bonchev–Trinajstić information content (AvgIpc) is 2.32. The lowest BCUT2D eigenvalue weighted by Crippen LogP contribution is -2.34. The number of aromatic nitrogens is 1. The van der Waals surface area contributed by atoms with Gasteiger partial charge in [-0.2, -0.15) is 0 Å². The summed E-state index contributed by atoms with van der Waals surface area (Å²) in [6.45, 7) is 8.47. The normalized spacial score (nSPS) is 12.5. The standard InChI is InChI=1S/C13H22BrN3/c1-5-10(3)17(6-2)13-11(8-15-4)7-12(14)9-16-13/h7,9-10,15H,5-6,8H2,1-4H3. The number of nitrogens with zero attached hydrogens (tertiary/aromatic N) is 2. The molecule has 3 nitrogen and oxygen atoms in total. The third-order valence-corrected chi connectivity index (χ3v) is 3.45. The molecule has 0 radical (unpaired) electrons. The van der Waals surface area contributed by atoms with Crippen molar-refractivity contribution in [2.24, 2.45) is 0 Å². The predicted octanol–water partition coefficient (Wildman–Crippen LogP) is 3.19. The number of hydrogen-bond donors (Lipinski definition) is 1. The second-order valence-electron chi connectivity index (χ2n) is 4.21. The molecule has 1 N–H and O–H groups in total. The number of halogens is 1. The molecule has 96 valence electrons. The van der Waals surface area contributed by atoms with Crippen LogP contribution in [0.4, 0.5) is 5.82 Å².